The molecule has 11 aromatic rings. The first-order valence-electron chi connectivity index (χ1n) is 19.3. The molecule has 59 heavy (non-hydrogen) atoms. The molecule has 11 aromatic heterocycles. The third-order valence-corrected chi connectivity index (χ3v) is 10.9. The van der Waals surface area contributed by atoms with Gasteiger partial charge in [-0.05, 0) is 123 Å². The Morgan fingerprint density at radius 3 is 0.695 bits per heavy atom. The van der Waals surface area contributed by atoms with E-state index in [0.717, 1.165) is 114 Å². The van der Waals surface area contributed by atoms with E-state index in [-0.39, 0.29) is 11.5 Å². The van der Waals surface area contributed by atoms with Crippen LogP contribution in [0, 0.1) is 13.8 Å². The molecule has 0 unspecified atom stereocenters. The predicted molar refractivity (Wildman–Crippen MR) is 231 cm³/mol. The van der Waals surface area contributed by atoms with Crippen molar-refractivity contribution in [3.05, 3.63) is 133 Å². The summed E-state index contributed by atoms with van der Waals surface area (Å²) in [4.78, 5) is 37.8. The number of aromatic nitrogens is 11. The van der Waals surface area contributed by atoms with Crippen LogP contribution >= 0.6 is 0 Å². The molecule has 11 rings (SSSR count). The fourth-order valence-corrected chi connectivity index (χ4v) is 7.85. The zero-order valence-corrected chi connectivity index (χ0v) is 31.9. The molecular formula is C46H39N11O2. The second kappa shape index (κ2) is 13.1. The Morgan fingerprint density at radius 1 is 0.237 bits per heavy atom. The first-order chi connectivity index (χ1) is 28.8. The topological polar surface area (TPSA) is 214 Å². The summed E-state index contributed by atoms with van der Waals surface area (Å²) in [5.41, 5.74) is 19.6. The van der Waals surface area contributed by atoms with Crippen molar-refractivity contribution in [2.75, 3.05) is 0 Å². The van der Waals surface area contributed by atoms with Crippen molar-refractivity contribution in [3.63, 3.8) is 0 Å². The SMILES string of the molecule is Cc1ccc(-c2ccc(-c3ccc(-c4cc(O)c(-c5ccc(-c6ccc(-c7ccc(-c8cc(O)c(-c9ccc(-c%10ccc(-c%11ccc(C)[nH]%11)[nH]%10)[nH]9)[nH]8)[nH]7)[nH]6)[nH]5)[nH]4)[nH]3)[nH]2)[nH]1. The Hall–Kier alpha value is -8.32. The van der Waals surface area contributed by atoms with Crippen molar-refractivity contribution in [1.82, 2.24) is 54.8 Å². The zero-order chi connectivity index (χ0) is 39.8. The van der Waals surface area contributed by atoms with Crippen LogP contribution in [-0.4, -0.2) is 65.0 Å². The highest BCUT2D eigenvalue weighted by molar-refractivity contribution is 5.78. The molecule has 13 nitrogen and oxygen atoms in total. The number of nitrogens with one attached hydrogen (secondary N) is 11. The molecular weight excluding hydrogens is 739 g/mol. The molecule has 290 valence electrons. The summed E-state index contributed by atoms with van der Waals surface area (Å²) in [6, 6.07) is 39.8. The summed E-state index contributed by atoms with van der Waals surface area (Å²) in [7, 11) is 0. The van der Waals surface area contributed by atoms with Crippen molar-refractivity contribution in [2.24, 2.45) is 0 Å². The molecule has 0 saturated carbocycles. The minimum Gasteiger partial charge on any atom is -0.506 e. The number of hydrogen-bond donors (Lipinski definition) is 13. The van der Waals surface area contributed by atoms with E-state index in [9.17, 15) is 10.2 Å². The Labute approximate surface area is 336 Å². The maximum atomic E-state index is 11.0. The van der Waals surface area contributed by atoms with Gasteiger partial charge >= 0.3 is 0 Å². The van der Waals surface area contributed by atoms with Gasteiger partial charge in [0.25, 0.3) is 0 Å². The average molecular weight is 778 g/mol. The number of H-pyrrole nitrogens is 11. The average Bonchev–Trinajstić information content (AvgIpc) is 4.05. The second-order valence-electron chi connectivity index (χ2n) is 15.0. The van der Waals surface area contributed by atoms with E-state index in [2.05, 4.69) is 91.2 Å². The molecule has 11 heterocycles. The molecule has 0 atom stereocenters. The number of hydrogen-bond acceptors (Lipinski definition) is 2. The summed E-state index contributed by atoms with van der Waals surface area (Å²) in [6.45, 7) is 4.07. The van der Waals surface area contributed by atoms with Crippen molar-refractivity contribution in [3.8, 4) is 125 Å². The van der Waals surface area contributed by atoms with Gasteiger partial charge in [0.1, 0.15) is 22.9 Å². The van der Waals surface area contributed by atoms with E-state index in [1.807, 2.05) is 86.6 Å². The summed E-state index contributed by atoms with van der Waals surface area (Å²) in [5.74, 6) is 0.294. The van der Waals surface area contributed by atoms with Crippen LogP contribution < -0.4 is 0 Å². The lowest BCUT2D eigenvalue weighted by molar-refractivity contribution is 0.477. The summed E-state index contributed by atoms with van der Waals surface area (Å²) < 4.78 is 0. The number of rotatable bonds is 10. The van der Waals surface area contributed by atoms with Crippen LogP contribution in [0.15, 0.2) is 121 Å². The van der Waals surface area contributed by atoms with Crippen LogP contribution in [0.2, 0.25) is 0 Å². The van der Waals surface area contributed by atoms with Crippen molar-refractivity contribution in [2.45, 2.75) is 13.8 Å². The van der Waals surface area contributed by atoms with Gasteiger partial charge in [0, 0.05) is 23.5 Å². The van der Waals surface area contributed by atoms with E-state index in [1.54, 1.807) is 12.1 Å². The maximum absolute atomic E-state index is 11.0. The van der Waals surface area contributed by atoms with E-state index >= 15 is 0 Å². The lowest BCUT2D eigenvalue weighted by Gasteiger charge is -1.99. The highest BCUT2D eigenvalue weighted by Crippen LogP contribution is 2.38. The number of aryl methyl sites for hydroxylation is 2. The second-order valence-corrected chi connectivity index (χ2v) is 15.0. The molecule has 0 fully saturated rings. The smallest absolute Gasteiger partial charge is 0.143 e. The first-order valence-corrected chi connectivity index (χ1v) is 19.3. The van der Waals surface area contributed by atoms with Gasteiger partial charge in [-0.1, -0.05) is 0 Å². The fraction of sp³-hybridized carbons (Fsp3) is 0.0435. The lowest BCUT2D eigenvalue weighted by Crippen LogP contribution is -1.84. The van der Waals surface area contributed by atoms with Gasteiger partial charge in [-0.15, -0.1) is 0 Å². The van der Waals surface area contributed by atoms with Gasteiger partial charge in [0.15, 0.2) is 0 Å². The van der Waals surface area contributed by atoms with E-state index < -0.39 is 0 Å². The highest BCUT2D eigenvalue weighted by Gasteiger charge is 2.18. The molecule has 0 aliphatic heterocycles. The molecule has 13 heteroatoms. The maximum Gasteiger partial charge on any atom is 0.143 e. The van der Waals surface area contributed by atoms with Crippen LogP contribution in [0.25, 0.3) is 114 Å². The molecule has 13 N–H and O–H groups in total. The Morgan fingerprint density at radius 2 is 0.441 bits per heavy atom. The summed E-state index contributed by atoms with van der Waals surface area (Å²) >= 11 is 0. The third kappa shape index (κ3) is 6.05. The highest BCUT2D eigenvalue weighted by atomic mass is 16.3. The molecule has 0 saturated heterocycles. The van der Waals surface area contributed by atoms with Crippen LogP contribution in [0.5, 0.6) is 11.5 Å². The minimum atomic E-state index is 0.146. The van der Waals surface area contributed by atoms with Crippen LogP contribution in [0.1, 0.15) is 11.4 Å². The molecule has 0 radical (unpaired) electrons. The van der Waals surface area contributed by atoms with E-state index in [0.29, 0.717) is 11.4 Å². The van der Waals surface area contributed by atoms with E-state index in [4.69, 9.17) is 0 Å². The van der Waals surface area contributed by atoms with E-state index in [1.165, 1.54) is 0 Å². The predicted octanol–water partition coefficient (Wildman–Crippen LogP) is 11.0. The van der Waals surface area contributed by atoms with Crippen molar-refractivity contribution < 1.29 is 10.2 Å². The quantitative estimate of drug-likeness (QED) is 0.0653. The van der Waals surface area contributed by atoms with Crippen molar-refractivity contribution in [1.29, 1.82) is 0 Å². The lowest BCUT2D eigenvalue weighted by atomic mass is 10.3. The molecule has 0 aromatic carbocycles. The Balaban J connectivity index is 0.780. The fourth-order valence-electron chi connectivity index (χ4n) is 7.85. The van der Waals surface area contributed by atoms with Gasteiger partial charge in [0.2, 0.25) is 0 Å². The standard InChI is InChI=1S/C46H39N11O2/c1-23-3-5-25(47-23)27-7-9-29(49-27)31-13-15-37(52-31)41-21-44(59)46(56-41)40-20-18-36(55-40)34-12-11-30(51-34)32-14-16-38(53-32)42-22-43(58)45(57-42)39-19-17-35(54-39)33-10-8-28(50-33)26-6-4-24(2)48-26/h3-22,47-59H,1-2H3. The van der Waals surface area contributed by atoms with Gasteiger partial charge < -0.3 is 65.0 Å². The van der Waals surface area contributed by atoms with Gasteiger partial charge in [0.05, 0.1) is 102 Å². The van der Waals surface area contributed by atoms with Crippen LogP contribution in [0.4, 0.5) is 0 Å². The first kappa shape index (κ1) is 34.0. The number of aromatic amines is 11. The van der Waals surface area contributed by atoms with Crippen LogP contribution in [-0.2, 0) is 0 Å². The molecule has 0 bridgehead atoms. The zero-order valence-electron chi connectivity index (χ0n) is 31.9. The van der Waals surface area contributed by atoms with Gasteiger partial charge in [-0.3, -0.25) is 0 Å². The molecule has 0 aliphatic carbocycles. The summed E-state index contributed by atoms with van der Waals surface area (Å²) in [6.07, 6.45) is 0. The normalized spacial score (nSPS) is 11.7. The molecule has 0 spiro atoms. The largest absolute Gasteiger partial charge is 0.506 e. The molecule has 0 amide bonds. The monoisotopic (exact) mass is 777 g/mol. The third-order valence-electron chi connectivity index (χ3n) is 10.9. The summed E-state index contributed by atoms with van der Waals surface area (Å²) in [5, 5.41) is 22.0. The Bertz CT molecular complexity index is 3250. The van der Waals surface area contributed by atoms with Gasteiger partial charge in [-0.25, -0.2) is 0 Å². The number of aromatic hydroxyl groups is 2. The Kier molecular flexibility index (Phi) is 7.56. The van der Waals surface area contributed by atoms with Crippen LogP contribution in [0.3, 0.4) is 0 Å². The minimum absolute atomic E-state index is 0.146. The van der Waals surface area contributed by atoms with Crippen molar-refractivity contribution >= 4 is 0 Å². The molecule has 0 aliphatic rings. The van der Waals surface area contributed by atoms with Gasteiger partial charge in [-0.2, -0.15) is 0 Å².